The van der Waals surface area contributed by atoms with E-state index in [0.717, 1.165) is 38.9 Å². The largest absolute Gasteiger partial charge is 0.208 e. The first-order valence-corrected chi connectivity index (χ1v) is 23.9. The molecule has 68 heavy (non-hydrogen) atoms. The lowest BCUT2D eigenvalue weighted by Crippen LogP contribution is -2.28. The van der Waals surface area contributed by atoms with Crippen molar-refractivity contribution in [1.29, 1.82) is 0 Å². The molecule has 0 fully saturated rings. The van der Waals surface area contributed by atoms with Crippen LogP contribution in [0.3, 0.4) is 0 Å². The number of thiophene rings is 1. The molecule has 0 bridgehead atoms. The Morgan fingerprint density at radius 3 is 1.29 bits per heavy atom. The summed E-state index contributed by atoms with van der Waals surface area (Å²) < 4.78 is 2.49. The highest BCUT2D eigenvalue weighted by molar-refractivity contribution is 7.26. The summed E-state index contributed by atoms with van der Waals surface area (Å²) in [4.78, 5) is 15.8. The van der Waals surface area contributed by atoms with E-state index in [-0.39, 0.29) is 0 Å². The molecule has 2 aromatic heterocycles. The van der Waals surface area contributed by atoms with Gasteiger partial charge < -0.3 is 0 Å². The number of benzene rings is 10. The van der Waals surface area contributed by atoms with E-state index in [0.29, 0.717) is 17.5 Å². The van der Waals surface area contributed by atoms with Crippen molar-refractivity contribution < 1.29 is 0 Å². The Morgan fingerprint density at radius 1 is 0.279 bits per heavy atom. The summed E-state index contributed by atoms with van der Waals surface area (Å²) in [6.45, 7) is 0. The predicted molar refractivity (Wildman–Crippen MR) is 283 cm³/mol. The van der Waals surface area contributed by atoms with Crippen LogP contribution >= 0.6 is 11.3 Å². The van der Waals surface area contributed by atoms with E-state index in [2.05, 4.69) is 237 Å². The second-order valence-corrected chi connectivity index (χ2v) is 18.5. The Labute approximate surface area is 399 Å². The molecule has 0 saturated heterocycles. The number of hydrogen-bond acceptors (Lipinski definition) is 4. The second-order valence-electron chi connectivity index (χ2n) is 17.4. The smallest absolute Gasteiger partial charge is 0.164 e. The Bertz CT molecular complexity index is 3680. The fraction of sp³-hybridized carbons (Fsp3) is 0.0156. The molecule has 2 heterocycles. The van der Waals surface area contributed by atoms with E-state index in [1.165, 1.54) is 64.7 Å². The molecule has 13 rings (SSSR count). The molecule has 0 atom stereocenters. The van der Waals surface area contributed by atoms with Gasteiger partial charge in [0.05, 0.1) is 5.41 Å². The lowest BCUT2D eigenvalue weighted by atomic mass is 9.67. The van der Waals surface area contributed by atoms with Crippen LogP contribution in [0.25, 0.3) is 98.8 Å². The summed E-state index contributed by atoms with van der Waals surface area (Å²) in [6.07, 6.45) is 0. The van der Waals surface area contributed by atoms with Crippen molar-refractivity contribution in [3.8, 4) is 78.7 Å². The zero-order valence-electron chi connectivity index (χ0n) is 36.9. The van der Waals surface area contributed by atoms with Crippen molar-refractivity contribution in [2.45, 2.75) is 5.41 Å². The average Bonchev–Trinajstić information content (AvgIpc) is 3.95. The fourth-order valence-electron chi connectivity index (χ4n) is 10.5. The van der Waals surface area contributed by atoms with E-state index >= 15 is 0 Å². The zero-order valence-corrected chi connectivity index (χ0v) is 37.7. The minimum absolute atomic E-state index is 0.466. The molecule has 0 amide bonds. The van der Waals surface area contributed by atoms with E-state index in [9.17, 15) is 0 Å². The molecule has 12 aromatic rings. The summed E-state index contributed by atoms with van der Waals surface area (Å²) in [7, 11) is 0. The lowest BCUT2D eigenvalue weighted by Gasteiger charge is -2.33. The normalized spacial score (nSPS) is 12.5. The van der Waals surface area contributed by atoms with Crippen LogP contribution in [0.2, 0.25) is 0 Å². The molecule has 318 valence electrons. The second kappa shape index (κ2) is 16.4. The third kappa shape index (κ3) is 6.52. The van der Waals surface area contributed by atoms with E-state index < -0.39 is 5.41 Å². The topological polar surface area (TPSA) is 38.7 Å². The summed E-state index contributed by atoms with van der Waals surface area (Å²) in [5.74, 6) is 1.88. The Hall–Kier alpha value is -8.57. The Kier molecular flexibility index (Phi) is 9.59. The molecule has 0 spiro atoms. The molecule has 0 radical (unpaired) electrons. The lowest BCUT2D eigenvalue weighted by molar-refractivity contribution is 0.770. The Morgan fingerprint density at radius 2 is 0.721 bits per heavy atom. The zero-order chi connectivity index (χ0) is 45.0. The van der Waals surface area contributed by atoms with Crippen LogP contribution in [0.5, 0.6) is 0 Å². The predicted octanol–water partition coefficient (Wildman–Crippen LogP) is 16.6. The van der Waals surface area contributed by atoms with Crippen LogP contribution in [0, 0.1) is 0 Å². The highest BCUT2D eigenvalue weighted by atomic mass is 32.1. The minimum atomic E-state index is -0.466. The van der Waals surface area contributed by atoms with Crippen LogP contribution in [-0.4, -0.2) is 15.0 Å². The van der Waals surface area contributed by atoms with Crippen molar-refractivity contribution in [2.75, 3.05) is 0 Å². The van der Waals surface area contributed by atoms with Crippen molar-refractivity contribution in [3.63, 3.8) is 0 Å². The van der Waals surface area contributed by atoms with Gasteiger partial charge in [-0.15, -0.1) is 11.3 Å². The summed E-state index contributed by atoms with van der Waals surface area (Å²) in [5, 5.41) is 2.46. The highest BCUT2D eigenvalue weighted by Gasteiger charge is 2.46. The van der Waals surface area contributed by atoms with Gasteiger partial charge in [-0.1, -0.05) is 237 Å². The third-order valence-electron chi connectivity index (χ3n) is 13.7. The quantitative estimate of drug-likeness (QED) is 0.153. The first-order chi connectivity index (χ1) is 33.7. The summed E-state index contributed by atoms with van der Waals surface area (Å²) >= 11 is 1.86. The third-order valence-corrected chi connectivity index (χ3v) is 14.8. The van der Waals surface area contributed by atoms with Gasteiger partial charge in [-0.25, -0.2) is 15.0 Å². The SMILES string of the molecule is c1ccc(-c2ccc(-c3nc(-c4ccc(-c5ccccc5)cc4)nc(-c4ccccc4-c4cccc5sc6cc(C7(c8ccccc8)c8ccccc8-c8ccccc87)ccc6c45)n3)cc2)cc1. The van der Waals surface area contributed by atoms with Gasteiger partial charge in [-0.05, 0) is 78.9 Å². The molecule has 0 unspecified atom stereocenters. The minimum Gasteiger partial charge on any atom is -0.208 e. The Balaban J connectivity index is 0.966. The van der Waals surface area contributed by atoms with Gasteiger partial charge in [0.1, 0.15) is 0 Å². The maximum absolute atomic E-state index is 5.29. The maximum atomic E-state index is 5.29. The molecule has 1 aliphatic rings. The van der Waals surface area contributed by atoms with Crippen LogP contribution < -0.4 is 0 Å². The molecule has 0 N–H and O–H groups in total. The van der Waals surface area contributed by atoms with Gasteiger partial charge in [0.2, 0.25) is 0 Å². The van der Waals surface area contributed by atoms with Crippen LogP contribution in [0.1, 0.15) is 22.3 Å². The van der Waals surface area contributed by atoms with E-state index in [1.807, 2.05) is 23.5 Å². The van der Waals surface area contributed by atoms with Crippen molar-refractivity contribution in [1.82, 2.24) is 15.0 Å². The molecular formula is C64H41N3S. The number of hydrogen-bond donors (Lipinski definition) is 0. The average molecular weight is 884 g/mol. The number of fused-ring (bicyclic) bond motifs is 6. The van der Waals surface area contributed by atoms with Gasteiger partial charge in [-0.3, -0.25) is 0 Å². The van der Waals surface area contributed by atoms with Crippen LogP contribution in [0.4, 0.5) is 0 Å². The molecule has 10 aromatic carbocycles. The van der Waals surface area contributed by atoms with E-state index in [4.69, 9.17) is 15.0 Å². The summed E-state index contributed by atoms with van der Waals surface area (Å²) in [5.41, 5.74) is 16.9. The molecule has 0 saturated carbocycles. The first-order valence-electron chi connectivity index (χ1n) is 23.1. The first kappa shape index (κ1) is 39.8. The maximum Gasteiger partial charge on any atom is 0.164 e. The van der Waals surface area contributed by atoms with Gasteiger partial charge in [0.25, 0.3) is 0 Å². The molecule has 0 aliphatic heterocycles. The van der Waals surface area contributed by atoms with Gasteiger partial charge >= 0.3 is 0 Å². The monoisotopic (exact) mass is 883 g/mol. The van der Waals surface area contributed by atoms with Crippen LogP contribution in [-0.2, 0) is 5.41 Å². The van der Waals surface area contributed by atoms with Gasteiger partial charge in [-0.2, -0.15) is 0 Å². The number of nitrogens with zero attached hydrogens (tertiary/aromatic N) is 3. The standard InChI is InChI=1S/C64H41N3S/c1-4-17-42(18-5-1)44-31-35-46(36-32-44)61-65-62(47-37-33-45(34-38-47)43-19-6-2-7-20-43)67-63(66-61)54-26-11-10-23-50(54)53-27-16-30-58-60(53)55-40-39-49(41-59(55)68-58)64(48-21-8-3-9-22-48)56-28-14-12-24-51(56)52-25-13-15-29-57(52)64/h1-41H. The van der Waals surface area contributed by atoms with Crippen molar-refractivity contribution >= 4 is 31.5 Å². The van der Waals surface area contributed by atoms with Crippen molar-refractivity contribution in [2.24, 2.45) is 0 Å². The number of rotatable bonds is 8. The molecule has 3 nitrogen and oxygen atoms in total. The molecule has 4 heteroatoms. The van der Waals surface area contributed by atoms with Gasteiger partial charge in [0.15, 0.2) is 17.5 Å². The highest BCUT2D eigenvalue weighted by Crippen LogP contribution is 2.57. The number of aromatic nitrogens is 3. The summed E-state index contributed by atoms with van der Waals surface area (Å²) in [6, 6.07) is 89.4. The fourth-order valence-corrected chi connectivity index (χ4v) is 11.7. The van der Waals surface area contributed by atoms with Gasteiger partial charge in [0, 0.05) is 36.9 Å². The van der Waals surface area contributed by atoms with Crippen LogP contribution in [0.15, 0.2) is 249 Å². The molecular weight excluding hydrogens is 843 g/mol. The van der Waals surface area contributed by atoms with Crippen molar-refractivity contribution in [3.05, 3.63) is 271 Å². The molecule has 1 aliphatic carbocycles. The van der Waals surface area contributed by atoms with E-state index in [1.54, 1.807) is 0 Å².